The summed E-state index contributed by atoms with van der Waals surface area (Å²) in [5.41, 5.74) is 2.17. The molecule has 0 saturated carbocycles. The van der Waals surface area contributed by atoms with Gasteiger partial charge in [0.1, 0.15) is 23.5 Å². The molecular formula is C36H50N6O5Si. The average molecular weight is 675 g/mol. The van der Waals surface area contributed by atoms with Gasteiger partial charge >= 0.3 is 6.09 Å². The minimum atomic E-state index is -2.16. The van der Waals surface area contributed by atoms with Gasteiger partial charge in [-0.05, 0) is 82.4 Å². The Morgan fingerprint density at radius 2 is 2.02 bits per heavy atom. The molecule has 1 N–H and O–H groups in total. The zero-order chi connectivity index (χ0) is 35.5. The van der Waals surface area contributed by atoms with Crippen LogP contribution in [-0.4, -0.2) is 70.1 Å². The molecule has 2 atom stereocenters. The van der Waals surface area contributed by atoms with Crippen LogP contribution in [0.25, 0.3) is 5.70 Å². The Morgan fingerprint density at radius 3 is 2.60 bits per heavy atom. The maximum Gasteiger partial charge on any atom is 0.414 e. The molecule has 1 aromatic heterocycles. The SMILES string of the molecule is C=NC(=N/C(=C\C)c1cc(C#N)c2c(c1)[C@@](C)(CO[Si](C)(C)C(C)(C)C)CN2C(=O)OC(C)(C)C)Nc1cccnc1O[C@H]1CCOC1. The lowest BCUT2D eigenvalue weighted by Crippen LogP contribution is -2.46. The number of hydrogen-bond acceptors (Lipinski definition) is 8. The fourth-order valence-corrected chi connectivity index (χ4v) is 6.37. The average Bonchev–Trinajstić information content (AvgIpc) is 3.63. The zero-order valence-corrected chi connectivity index (χ0v) is 31.1. The summed E-state index contributed by atoms with van der Waals surface area (Å²) >= 11 is 0. The number of ether oxygens (including phenoxy) is 3. The van der Waals surface area contributed by atoms with E-state index in [-0.39, 0.29) is 17.1 Å². The Kier molecular flexibility index (Phi) is 10.9. The number of nitrogens with one attached hydrogen (secondary N) is 1. The highest BCUT2D eigenvalue weighted by Gasteiger charge is 2.47. The van der Waals surface area contributed by atoms with Gasteiger partial charge < -0.3 is 24.0 Å². The van der Waals surface area contributed by atoms with E-state index < -0.39 is 25.4 Å². The van der Waals surface area contributed by atoms with Crippen molar-refractivity contribution in [3.8, 4) is 11.9 Å². The molecule has 48 heavy (non-hydrogen) atoms. The van der Waals surface area contributed by atoms with E-state index in [2.05, 4.69) is 68.9 Å². The van der Waals surface area contributed by atoms with Crippen LogP contribution >= 0.6 is 0 Å². The topological polar surface area (TPSA) is 131 Å². The number of anilines is 2. The van der Waals surface area contributed by atoms with Crippen molar-refractivity contribution in [2.45, 2.75) is 97.1 Å². The normalized spacial score (nSPS) is 20.3. The second kappa shape index (κ2) is 14.2. The zero-order valence-electron chi connectivity index (χ0n) is 30.1. The molecule has 2 aliphatic heterocycles. The van der Waals surface area contributed by atoms with E-state index in [1.54, 1.807) is 23.2 Å². The predicted octanol–water partition coefficient (Wildman–Crippen LogP) is 7.69. The number of carbonyl (C=O) groups excluding carboxylic acids is 1. The molecule has 0 unspecified atom stereocenters. The van der Waals surface area contributed by atoms with Crippen molar-refractivity contribution in [2.24, 2.45) is 9.98 Å². The number of carbonyl (C=O) groups is 1. The number of aromatic nitrogens is 1. The maximum absolute atomic E-state index is 13.6. The minimum absolute atomic E-state index is 0.00666. The maximum atomic E-state index is 13.6. The number of benzene rings is 1. The Bertz CT molecular complexity index is 1630. The predicted molar refractivity (Wildman–Crippen MR) is 194 cm³/mol. The number of allylic oxidation sites excluding steroid dienone is 1. The first-order valence-corrected chi connectivity index (χ1v) is 19.2. The van der Waals surface area contributed by atoms with E-state index >= 15 is 0 Å². The third-order valence-corrected chi connectivity index (χ3v) is 13.4. The highest BCUT2D eigenvalue weighted by atomic mass is 28.4. The van der Waals surface area contributed by atoms with Crippen molar-refractivity contribution in [3.63, 3.8) is 0 Å². The minimum Gasteiger partial charge on any atom is -0.470 e. The number of rotatable bonds is 8. The van der Waals surface area contributed by atoms with Crippen LogP contribution in [0.5, 0.6) is 5.88 Å². The number of pyridine rings is 1. The molecule has 1 saturated heterocycles. The van der Waals surface area contributed by atoms with Crippen molar-refractivity contribution in [3.05, 3.63) is 53.2 Å². The molecule has 3 heterocycles. The first-order chi connectivity index (χ1) is 22.4. The Labute approximate surface area is 286 Å². The summed E-state index contributed by atoms with van der Waals surface area (Å²) in [6.45, 7) is 26.0. The van der Waals surface area contributed by atoms with Crippen LogP contribution < -0.4 is 15.0 Å². The molecule has 2 aliphatic rings. The van der Waals surface area contributed by atoms with Crippen molar-refractivity contribution in [1.82, 2.24) is 4.98 Å². The molecule has 1 amide bonds. The highest BCUT2D eigenvalue weighted by molar-refractivity contribution is 6.74. The molecule has 0 radical (unpaired) electrons. The number of hydrogen-bond donors (Lipinski definition) is 1. The smallest absolute Gasteiger partial charge is 0.414 e. The molecule has 11 nitrogen and oxygen atoms in total. The van der Waals surface area contributed by atoms with Crippen molar-refractivity contribution in [1.29, 1.82) is 5.26 Å². The number of nitrogens with zero attached hydrogens (tertiary/aromatic N) is 5. The molecule has 12 heteroatoms. The van der Waals surface area contributed by atoms with E-state index in [4.69, 9.17) is 23.6 Å². The Hall–Kier alpha value is -4.05. The van der Waals surface area contributed by atoms with Crippen molar-refractivity contribution >= 4 is 44.2 Å². The van der Waals surface area contributed by atoms with E-state index in [1.807, 2.05) is 45.9 Å². The van der Waals surface area contributed by atoms with Gasteiger partial charge in [-0.3, -0.25) is 4.90 Å². The number of aliphatic imine (C=N–C) groups is 2. The summed E-state index contributed by atoms with van der Waals surface area (Å²) in [4.78, 5) is 28.5. The summed E-state index contributed by atoms with van der Waals surface area (Å²) in [6.07, 6.45) is 3.69. The third kappa shape index (κ3) is 8.32. The highest BCUT2D eigenvalue weighted by Crippen LogP contribution is 2.47. The van der Waals surface area contributed by atoms with Crippen LogP contribution in [-0.2, 0) is 19.3 Å². The standard InChI is InChI=1S/C36H50N6O5Si/c1-12-28(40-32(38-9)41-29-14-13-16-39-31(29)46-26-15-17-44-21-26)24-18-25(20-37)30-27(19-24)36(8,23-45-48(10,11)35(5,6)7)22-42(30)33(43)47-34(2,3)4/h12-14,16,18-19,26H,9,15,17,21-23H2,1-8,10-11H3,(H,40,41)/b28-12-/t26-,36+/m0/s1. The lowest BCUT2D eigenvalue weighted by Gasteiger charge is -2.39. The molecule has 4 rings (SSSR count). The first kappa shape index (κ1) is 36.8. The van der Waals surface area contributed by atoms with Crippen LogP contribution in [0, 0.1) is 11.3 Å². The van der Waals surface area contributed by atoms with Gasteiger partial charge in [0.2, 0.25) is 11.8 Å². The van der Waals surface area contributed by atoms with Gasteiger partial charge in [0.25, 0.3) is 0 Å². The van der Waals surface area contributed by atoms with Crippen LogP contribution in [0.1, 0.15) is 78.5 Å². The molecule has 0 spiro atoms. The van der Waals surface area contributed by atoms with Crippen LogP contribution in [0.2, 0.25) is 18.1 Å². The molecule has 1 fully saturated rings. The quantitative estimate of drug-likeness (QED) is 0.171. The summed E-state index contributed by atoms with van der Waals surface area (Å²) in [6, 6.07) is 9.69. The van der Waals surface area contributed by atoms with Gasteiger partial charge in [0, 0.05) is 36.7 Å². The van der Waals surface area contributed by atoms with Gasteiger partial charge in [-0.2, -0.15) is 5.26 Å². The summed E-state index contributed by atoms with van der Waals surface area (Å²) in [5, 5.41) is 13.6. The second-order valence-electron chi connectivity index (χ2n) is 15.1. The molecule has 1 aromatic carbocycles. The Morgan fingerprint density at radius 1 is 1.29 bits per heavy atom. The van der Waals surface area contributed by atoms with E-state index in [0.717, 1.165) is 12.0 Å². The number of nitriles is 1. The Balaban J connectivity index is 1.75. The van der Waals surface area contributed by atoms with E-state index in [0.29, 0.717) is 60.4 Å². The fraction of sp³-hybridized carbons (Fsp3) is 0.528. The second-order valence-corrected chi connectivity index (χ2v) is 19.9. The number of amides is 1. The lowest BCUT2D eigenvalue weighted by molar-refractivity contribution is 0.0575. The summed E-state index contributed by atoms with van der Waals surface area (Å²) in [7, 11) is -2.16. The van der Waals surface area contributed by atoms with Crippen molar-refractivity contribution in [2.75, 3.05) is 36.6 Å². The van der Waals surface area contributed by atoms with Crippen LogP contribution in [0.15, 0.2) is 46.5 Å². The largest absolute Gasteiger partial charge is 0.470 e. The van der Waals surface area contributed by atoms with Crippen LogP contribution in [0.4, 0.5) is 16.2 Å². The molecule has 0 aliphatic carbocycles. The fourth-order valence-electron chi connectivity index (χ4n) is 5.26. The van der Waals surface area contributed by atoms with Gasteiger partial charge in [0.05, 0.1) is 30.2 Å². The molecule has 2 aromatic rings. The third-order valence-electron chi connectivity index (χ3n) is 8.96. The van der Waals surface area contributed by atoms with Gasteiger partial charge in [-0.25, -0.2) is 19.8 Å². The van der Waals surface area contributed by atoms with Gasteiger partial charge in [-0.15, -0.1) is 0 Å². The first-order valence-electron chi connectivity index (χ1n) is 16.3. The molecule has 258 valence electrons. The molecular weight excluding hydrogens is 625 g/mol. The summed E-state index contributed by atoms with van der Waals surface area (Å²) < 4.78 is 24.1. The number of guanidine groups is 1. The monoisotopic (exact) mass is 674 g/mol. The number of fused-ring (bicyclic) bond motifs is 1. The lowest BCUT2D eigenvalue weighted by atomic mass is 9.83. The van der Waals surface area contributed by atoms with Crippen molar-refractivity contribution < 1.29 is 23.4 Å². The van der Waals surface area contributed by atoms with Gasteiger partial charge in [0.15, 0.2) is 8.32 Å². The molecule has 0 bridgehead atoms. The summed E-state index contributed by atoms with van der Waals surface area (Å²) in [5.74, 6) is 0.637. The van der Waals surface area contributed by atoms with Gasteiger partial charge in [-0.1, -0.05) is 33.8 Å². The van der Waals surface area contributed by atoms with Crippen LogP contribution in [0.3, 0.4) is 0 Å². The van der Waals surface area contributed by atoms with E-state index in [9.17, 15) is 10.1 Å². The van der Waals surface area contributed by atoms with E-state index in [1.165, 1.54) is 0 Å².